The molecule has 0 bridgehead atoms. The number of piperazine rings is 1. The van der Waals surface area contributed by atoms with Crippen molar-refractivity contribution in [2.24, 2.45) is 4.99 Å². The molecular formula is C39H39Cl3N10O2. The Morgan fingerprint density at radius 1 is 0.944 bits per heavy atom. The fourth-order valence-corrected chi connectivity index (χ4v) is 6.54. The number of carbonyl (C=O) groups excluding carboxylic acids is 2. The van der Waals surface area contributed by atoms with Crippen LogP contribution in [-0.4, -0.2) is 87.2 Å². The van der Waals surface area contributed by atoms with Gasteiger partial charge in [-0.25, -0.2) is 15.0 Å². The molecule has 0 radical (unpaired) electrons. The maximum atomic E-state index is 12.9. The van der Waals surface area contributed by atoms with Crippen LogP contribution in [-0.2, 0) is 17.9 Å². The molecule has 2 fully saturated rings. The molecule has 3 N–H and O–H groups in total. The van der Waals surface area contributed by atoms with Crippen LogP contribution < -0.4 is 16.0 Å². The minimum atomic E-state index is -0.143. The van der Waals surface area contributed by atoms with E-state index in [1.165, 1.54) is 5.56 Å². The molecule has 54 heavy (non-hydrogen) atoms. The summed E-state index contributed by atoms with van der Waals surface area (Å²) < 4.78 is 0. The van der Waals surface area contributed by atoms with Crippen molar-refractivity contribution >= 4 is 76.4 Å². The van der Waals surface area contributed by atoms with Crippen LogP contribution in [0.3, 0.4) is 0 Å². The predicted octanol–water partition coefficient (Wildman–Crippen LogP) is 6.94. The first-order chi connectivity index (χ1) is 25.7. The zero-order valence-electron chi connectivity index (χ0n) is 29.7. The topological polar surface area (TPSA) is 131 Å². The number of hydrogen-bond donors (Lipinski definition) is 3. The number of anilines is 3. The number of aryl methyl sites for hydroxylation is 1. The third-order valence-corrected chi connectivity index (χ3v) is 10.0. The van der Waals surface area contributed by atoms with Crippen molar-refractivity contribution in [2.45, 2.75) is 20.0 Å². The van der Waals surface area contributed by atoms with E-state index in [1.807, 2.05) is 72.5 Å². The lowest BCUT2D eigenvalue weighted by atomic mass is 10.1. The highest BCUT2D eigenvalue weighted by molar-refractivity contribution is 6.42. The summed E-state index contributed by atoms with van der Waals surface area (Å²) in [5.41, 5.74) is 7.72. The molecule has 2 saturated heterocycles. The normalized spacial score (nSPS) is 15.1. The number of aromatic nitrogens is 3. The van der Waals surface area contributed by atoms with Crippen LogP contribution in [0.15, 0.2) is 96.4 Å². The number of nitrogens with one attached hydrogen (secondary N) is 3. The van der Waals surface area contributed by atoms with Crippen LogP contribution in [0.1, 0.15) is 27.0 Å². The summed E-state index contributed by atoms with van der Waals surface area (Å²) in [6.45, 7) is 8.12. The van der Waals surface area contributed by atoms with Crippen LogP contribution in [0.25, 0.3) is 11.3 Å². The van der Waals surface area contributed by atoms with E-state index >= 15 is 0 Å². The van der Waals surface area contributed by atoms with Gasteiger partial charge in [0, 0.05) is 79.4 Å². The number of rotatable bonds is 7. The number of benzene rings is 3. The number of pyridine rings is 1. The molecule has 12 nitrogen and oxygen atoms in total. The van der Waals surface area contributed by atoms with Gasteiger partial charge in [-0.1, -0.05) is 41.4 Å². The molecule has 0 saturated carbocycles. The SMILES string of the molecule is Cc1ccc(NC(=O)c2ccc(CN3CCN(C)CC3)cc2)cc1Nc1nccc(-c2cccnc2)n1.Cl.O=C1CN2Cc3c(ccc(Cl)c3Cl)N=C2N1. The molecule has 3 aliphatic heterocycles. The molecule has 278 valence electrons. The maximum absolute atomic E-state index is 12.9. The fraction of sp³-hybridized carbons (Fsp3) is 0.231. The molecule has 5 aromatic rings. The molecule has 15 heteroatoms. The number of guanidine groups is 1. The Kier molecular flexibility index (Phi) is 12.4. The summed E-state index contributed by atoms with van der Waals surface area (Å²) in [6, 6.07) is 22.8. The highest BCUT2D eigenvalue weighted by Crippen LogP contribution is 2.37. The molecule has 3 aliphatic rings. The van der Waals surface area contributed by atoms with Crippen molar-refractivity contribution in [1.29, 1.82) is 0 Å². The van der Waals surface area contributed by atoms with E-state index < -0.39 is 0 Å². The Balaban J connectivity index is 0.000000243. The van der Waals surface area contributed by atoms with Gasteiger partial charge in [0.2, 0.25) is 17.8 Å². The van der Waals surface area contributed by atoms with Gasteiger partial charge in [0.1, 0.15) is 6.54 Å². The van der Waals surface area contributed by atoms with Crippen LogP contribution >= 0.6 is 35.6 Å². The quantitative estimate of drug-likeness (QED) is 0.161. The van der Waals surface area contributed by atoms with Crippen LogP contribution in [0, 0.1) is 6.92 Å². The lowest BCUT2D eigenvalue weighted by molar-refractivity contribution is -0.118. The van der Waals surface area contributed by atoms with E-state index in [2.05, 4.69) is 52.7 Å². The number of aliphatic imine (C=N–C) groups is 1. The lowest BCUT2D eigenvalue weighted by Gasteiger charge is -2.32. The van der Waals surface area contributed by atoms with Gasteiger partial charge in [-0.15, -0.1) is 12.4 Å². The van der Waals surface area contributed by atoms with Crippen molar-refractivity contribution in [1.82, 2.24) is 35.0 Å². The molecule has 8 rings (SSSR count). The Hall–Kier alpha value is -5.11. The number of amides is 2. The van der Waals surface area contributed by atoms with Gasteiger partial charge in [-0.3, -0.25) is 24.8 Å². The number of carbonyl (C=O) groups is 2. The monoisotopic (exact) mass is 784 g/mol. The fourth-order valence-electron chi connectivity index (χ4n) is 6.14. The number of halogens is 3. The maximum Gasteiger partial charge on any atom is 0.255 e. The van der Waals surface area contributed by atoms with Gasteiger partial charge >= 0.3 is 0 Å². The predicted molar refractivity (Wildman–Crippen MR) is 216 cm³/mol. The van der Waals surface area contributed by atoms with Gasteiger partial charge < -0.3 is 20.4 Å². The van der Waals surface area contributed by atoms with Crippen molar-refractivity contribution < 1.29 is 9.59 Å². The molecule has 3 aromatic carbocycles. The van der Waals surface area contributed by atoms with E-state index in [0.29, 0.717) is 46.3 Å². The largest absolute Gasteiger partial charge is 0.329 e. The van der Waals surface area contributed by atoms with Crippen LogP contribution in [0.5, 0.6) is 0 Å². The van der Waals surface area contributed by atoms with Crippen molar-refractivity contribution in [3.05, 3.63) is 124 Å². The van der Waals surface area contributed by atoms with Crippen molar-refractivity contribution in [3.63, 3.8) is 0 Å². The van der Waals surface area contributed by atoms with Gasteiger partial charge in [0.25, 0.3) is 5.91 Å². The highest BCUT2D eigenvalue weighted by atomic mass is 35.5. The van der Waals surface area contributed by atoms with E-state index in [1.54, 1.807) is 30.7 Å². The molecule has 0 atom stereocenters. The first-order valence-electron chi connectivity index (χ1n) is 17.2. The zero-order chi connectivity index (χ0) is 36.9. The number of fused-ring (bicyclic) bond motifs is 2. The molecule has 2 amide bonds. The van der Waals surface area contributed by atoms with Gasteiger partial charge in [-0.2, -0.15) is 0 Å². The summed E-state index contributed by atoms with van der Waals surface area (Å²) >= 11 is 12.0. The summed E-state index contributed by atoms with van der Waals surface area (Å²) in [6.07, 6.45) is 5.22. The third kappa shape index (κ3) is 9.33. The summed E-state index contributed by atoms with van der Waals surface area (Å²) in [5.74, 6) is 0.879. The average Bonchev–Trinajstić information content (AvgIpc) is 3.54. The van der Waals surface area contributed by atoms with Crippen molar-refractivity contribution in [3.8, 4) is 11.3 Å². The molecule has 2 aromatic heterocycles. The van der Waals surface area contributed by atoms with Crippen molar-refractivity contribution in [2.75, 3.05) is 50.4 Å². The first-order valence-corrected chi connectivity index (χ1v) is 18.0. The summed E-state index contributed by atoms with van der Waals surface area (Å²) in [5, 5.41) is 10.0. The molecule has 0 aliphatic carbocycles. The molecular weight excluding hydrogens is 747 g/mol. The lowest BCUT2D eigenvalue weighted by Crippen LogP contribution is -2.43. The minimum absolute atomic E-state index is 0. The third-order valence-electron chi connectivity index (χ3n) is 9.20. The second-order valence-corrected chi connectivity index (χ2v) is 13.9. The van der Waals surface area contributed by atoms with E-state index in [4.69, 9.17) is 23.2 Å². The van der Waals surface area contributed by atoms with E-state index in [9.17, 15) is 9.59 Å². The second kappa shape index (κ2) is 17.4. The Morgan fingerprint density at radius 2 is 1.74 bits per heavy atom. The van der Waals surface area contributed by atoms with Gasteiger partial charge in [0.05, 0.1) is 28.0 Å². The minimum Gasteiger partial charge on any atom is -0.329 e. The second-order valence-electron chi connectivity index (χ2n) is 13.1. The van der Waals surface area contributed by atoms with Gasteiger partial charge in [0.15, 0.2) is 0 Å². The highest BCUT2D eigenvalue weighted by Gasteiger charge is 2.30. The van der Waals surface area contributed by atoms with E-state index in [-0.39, 0.29) is 24.2 Å². The molecule has 0 unspecified atom stereocenters. The molecule has 5 heterocycles. The zero-order valence-corrected chi connectivity index (χ0v) is 32.0. The number of hydrogen-bond acceptors (Lipinski definition) is 10. The van der Waals surface area contributed by atoms with Crippen LogP contribution in [0.4, 0.5) is 23.0 Å². The Bertz CT molecular complexity index is 2160. The number of nitrogens with zero attached hydrogens (tertiary/aromatic N) is 7. The first kappa shape index (κ1) is 38.6. The molecule has 0 spiro atoms. The Labute approximate surface area is 330 Å². The average molecular weight is 786 g/mol. The summed E-state index contributed by atoms with van der Waals surface area (Å²) in [4.78, 5) is 48.3. The van der Waals surface area contributed by atoms with Crippen LogP contribution in [0.2, 0.25) is 10.0 Å². The number of likely N-dealkylation sites (N-methyl/N-ethyl adjacent to an activating group) is 1. The van der Waals surface area contributed by atoms with Gasteiger partial charge in [-0.05, 0) is 79.7 Å². The Morgan fingerprint density at radius 3 is 2.50 bits per heavy atom. The van der Waals surface area contributed by atoms with E-state index in [0.717, 1.165) is 66.5 Å². The standard InChI is InChI=1S/C29H31N7O.C10H7Cl2N3O.ClH/c1-21-5-10-25(18-27(21)34-29-31-13-11-26(33-29)24-4-3-12-30-19-24)32-28(37)23-8-6-22(7-9-23)20-36-16-14-35(2)15-17-36;11-6-1-2-7-5(9(6)12)3-15-4-8(16)14-10(15)13-7;/h3-13,18-19H,14-17,20H2,1-2H3,(H,32,37)(H,31,33,34);1-2H,3-4H2,(H,13,14,16);1H. The summed E-state index contributed by atoms with van der Waals surface area (Å²) in [7, 11) is 2.16. The smallest absolute Gasteiger partial charge is 0.255 e.